The Morgan fingerprint density at radius 3 is 2.59 bits per heavy atom. The van der Waals surface area contributed by atoms with Gasteiger partial charge in [0.2, 0.25) is 5.91 Å². The minimum atomic E-state index is -0.130. The van der Waals surface area contributed by atoms with E-state index in [-0.39, 0.29) is 24.4 Å². The zero-order chi connectivity index (χ0) is 15.7. The summed E-state index contributed by atoms with van der Waals surface area (Å²) in [5.41, 5.74) is 2.56. The predicted octanol–water partition coefficient (Wildman–Crippen LogP) is 2.20. The van der Waals surface area contributed by atoms with Gasteiger partial charge in [-0.1, -0.05) is 17.7 Å². The van der Waals surface area contributed by atoms with Crippen LogP contribution in [-0.2, 0) is 4.79 Å². The highest BCUT2D eigenvalue weighted by Crippen LogP contribution is 2.21. The molecule has 1 aromatic heterocycles. The number of rotatable bonds is 2. The van der Waals surface area contributed by atoms with Crippen LogP contribution in [0.4, 0.5) is 5.69 Å². The van der Waals surface area contributed by atoms with Crippen molar-refractivity contribution in [3.05, 3.63) is 53.9 Å². The summed E-state index contributed by atoms with van der Waals surface area (Å²) < 4.78 is 0. The molecular formula is C17H19N3O2. The summed E-state index contributed by atoms with van der Waals surface area (Å²) in [5.74, 6) is -0.184. The first-order valence-corrected chi connectivity index (χ1v) is 7.37. The van der Waals surface area contributed by atoms with Gasteiger partial charge in [0.15, 0.2) is 0 Å². The van der Waals surface area contributed by atoms with Crippen LogP contribution in [0.5, 0.6) is 0 Å². The minimum Gasteiger partial charge on any atom is -0.357 e. The van der Waals surface area contributed by atoms with E-state index < -0.39 is 0 Å². The van der Waals surface area contributed by atoms with Crippen LogP contribution in [0.15, 0.2) is 42.6 Å². The van der Waals surface area contributed by atoms with Crippen LogP contribution in [0.2, 0.25) is 0 Å². The molecule has 0 aliphatic carbocycles. The molecule has 1 N–H and O–H groups in total. The zero-order valence-electron chi connectivity index (χ0n) is 12.7. The van der Waals surface area contributed by atoms with Crippen molar-refractivity contribution in [1.29, 1.82) is 0 Å². The highest BCUT2D eigenvalue weighted by Gasteiger charge is 2.33. The number of carbonyl (C=O) groups excluding carboxylic acids is 2. The average Bonchev–Trinajstić information content (AvgIpc) is 3.04. The van der Waals surface area contributed by atoms with Crippen LogP contribution < -0.4 is 4.90 Å². The second-order valence-electron chi connectivity index (χ2n) is 5.71. The van der Waals surface area contributed by atoms with Crippen molar-refractivity contribution in [2.45, 2.75) is 19.9 Å². The van der Waals surface area contributed by atoms with Gasteiger partial charge in [-0.25, -0.2) is 0 Å². The van der Waals surface area contributed by atoms with E-state index in [9.17, 15) is 9.59 Å². The molecule has 1 aliphatic heterocycles. The van der Waals surface area contributed by atoms with Gasteiger partial charge in [-0.2, -0.15) is 0 Å². The Kier molecular flexibility index (Phi) is 3.71. The molecule has 0 unspecified atom stereocenters. The Hall–Kier alpha value is -2.56. The lowest BCUT2D eigenvalue weighted by atomic mass is 10.1. The standard InChI is InChI=1S/C17H19N3O2/c1-12-5-7-14(8-6-12)20-10-13(2)19(11-16(20)21)17(22)15-4-3-9-18-15/h3-9,13,18H,10-11H2,1-2H3/t13-/m1/s1. The fourth-order valence-electron chi connectivity index (χ4n) is 2.72. The highest BCUT2D eigenvalue weighted by molar-refractivity contribution is 6.01. The van der Waals surface area contributed by atoms with Gasteiger partial charge < -0.3 is 14.8 Å². The van der Waals surface area contributed by atoms with E-state index in [0.29, 0.717) is 12.2 Å². The third-order valence-corrected chi connectivity index (χ3v) is 4.02. The minimum absolute atomic E-state index is 0.0326. The number of hydrogen-bond acceptors (Lipinski definition) is 2. The number of amides is 2. The van der Waals surface area contributed by atoms with E-state index in [1.807, 2.05) is 38.1 Å². The zero-order valence-corrected chi connectivity index (χ0v) is 12.7. The maximum Gasteiger partial charge on any atom is 0.271 e. The Morgan fingerprint density at radius 1 is 1.23 bits per heavy atom. The lowest BCUT2D eigenvalue weighted by Crippen LogP contribution is -2.57. The van der Waals surface area contributed by atoms with Crippen molar-refractivity contribution in [3.8, 4) is 0 Å². The molecule has 3 rings (SSSR count). The predicted molar refractivity (Wildman–Crippen MR) is 84.8 cm³/mol. The Morgan fingerprint density at radius 2 is 1.95 bits per heavy atom. The summed E-state index contributed by atoms with van der Waals surface area (Å²) in [5, 5.41) is 0. The number of aromatic amines is 1. The monoisotopic (exact) mass is 297 g/mol. The number of H-pyrrole nitrogens is 1. The van der Waals surface area contributed by atoms with Gasteiger partial charge in [0.05, 0.1) is 0 Å². The molecule has 5 nitrogen and oxygen atoms in total. The van der Waals surface area contributed by atoms with E-state index in [4.69, 9.17) is 0 Å². The lowest BCUT2D eigenvalue weighted by Gasteiger charge is -2.39. The molecule has 1 aromatic carbocycles. The molecule has 1 fully saturated rings. The van der Waals surface area contributed by atoms with Gasteiger partial charge in [0.25, 0.3) is 5.91 Å². The van der Waals surface area contributed by atoms with E-state index in [1.54, 1.807) is 28.1 Å². The molecule has 0 bridgehead atoms. The summed E-state index contributed by atoms with van der Waals surface area (Å²) in [4.78, 5) is 31.1. The maximum absolute atomic E-state index is 12.4. The molecule has 2 aromatic rings. The first kappa shape index (κ1) is 14.4. The van der Waals surface area contributed by atoms with Crippen molar-refractivity contribution in [1.82, 2.24) is 9.88 Å². The normalized spacial score (nSPS) is 18.6. The largest absolute Gasteiger partial charge is 0.357 e. The molecule has 2 amide bonds. The van der Waals surface area contributed by atoms with Crippen molar-refractivity contribution in [2.24, 2.45) is 0 Å². The Balaban J connectivity index is 1.78. The fraction of sp³-hybridized carbons (Fsp3) is 0.294. The van der Waals surface area contributed by atoms with Crippen LogP contribution in [0.25, 0.3) is 0 Å². The first-order chi connectivity index (χ1) is 10.6. The van der Waals surface area contributed by atoms with Crippen molar-refractivity contribution in [2.75, 3.05) is 18.0 Å². The summed E-state index contributed by atoms with van der Waals surface area (Å²) in [7, 11) is 0. The van der Waals surface area contributed by atoms with Crippen molar-refractivity contribution < 1.29 is 9.59 Å². The van der Waals surface area contributed by atoms with Crippen molar-refractivity contribution in [3.63, 3.8) is 0 Å². The summed E-state index contributed by atoms with van der Waals surface area (Å²) in [6, 6.07) is 11.3. The number of carbonyl (C=O) groups is 2. The molecule has 2 heterocycles. The number of piperazine rings is 1. The molecule has 0 spiro atoms. The molecule has 1 aliphatic rings. The number of nitrogens with zero attached hydrogens (tertiary/aromatic N) is 2. The smallest absolute Gasteiger partial charge is 0.271 e. The van der Waals surface area contributed by atoms with Gasteiger partial charge in [-0.15, -0.1) is 0 Å². The number of benzene rings is 1. The topological polar surface area (TPSA) is 56.4 Å². The third-order valence-electron chi connectivity index (χ3n) is 4.02. The SMILES string of the molecule is Cc1ccc(N2C[C@@H](C)N(C(=O)c3ccc[nH]3)CC2=O)cc1. The lowest BCUT2D eigenvalue weighted by molar-refractivity contribution is -0.121. The number of hydrogen-bond donors (Lipinski definition) is 1. The summed E-state index contributed by atoms with van der Waals surface area (Å²) in [6.45, 7) is 4.59. The molecule has 0 radical (unpaired) electrons. The highest BCUT2D eigenvalue weighted by atomic mass is 16.2. The van der Waals surface area contributed by atoms with E-state index in [0.717, 1.165) is 11.3 Å². The van der Waals surface area contributed by atoms with E-state index in [1.165, 1.54) is 0 Å². The molecule has 1 saturated heterocycles. The number of anilines is 1. The van der Waals surface area contributed by atoms with Gasteiger partial charge >= 0.3 is 0 Å². The van der Waals surface area contributed by atoms with Crippen LogP contribution in [0.1, 0.15) is 23.0 Å². The average molecular weight is 297 g/mol. The molecular weight excluding hydrogens is 278 g/mol. The van der Waals surface area contributed by atoms with E-state index in [2.05, 4.69) is 4.98 Å². The second kappa shape index (κ2) is 5.67. The van der Waals surface area contributed by atoms with Crippen LogP contribution in [-0.4, -0.2) is 40.8 Å². The number of nitrogens with one attached hydrogen (secondary N) is 1. The molecule has 114 valence electrons. The van der Waals surface area contributed by atoms with Crippen LogP contribution >= 0.6 is 0 Å². The molecule has 5 heteroatoms. The third kappa shape index (κ3) is 2.62. The van der Waals surface area contributed by atoms with Gasteiger partial charge in [0, 0.05) is 24.5 Å². The Labute approximate surface area is 129 Å². The summed E-state index contributed by atoms with van der Waals surface area (Å²) in [6.07, 6.45) is 1.71. The molecule has 22 heavy (non-hydrogen) atoms. The molecule has 1 atom stereocenters. The summed E-state index contributed by atoms with van der Waals surface area (Å²) >= 11 is 0. The quantitative estimate of drug-likeness (QED) is 0.924. The van der Waals surface area contributed by atoms with Crippen LogP contribution in [0.3, 0.4) is 0 Å². The van der Waals surface area contributed by atoms with Crippen LogP contribution in [0, 0.1) is 6.92 Å². The first-order valence-electron chi connectivity index (χ1n) is 7.37. The van der Waals surface area contributed by atoms with Gasteiger partial charge in [-0.05, 0) is 38.1 Å². The fourth-order valence-corrected chi connectivity index (χ4v) is 2.72. The molecule has 0 saturated carbocycles. The van der Waals surface area contributed by atoms with Gasteiger partial charge in [-0.3, -0.25) is 9.59 Å². The number of aromatic nitrogens is 1. The van der Waals surface area contributed by atoms with Crippen molar-refractivity contribution >= 4 is 17.5 Å². The Bertz CT molecular complexity index is 676. The maximum atomic E-state index is 12.4. The second-order valence-corrected chi connectivity index (χ2v) is 5.71. The number of aryl methyl sites for hydroxylation is 1. The van der Waals surface area contributed by atoms with E-state index >= 15 is 0 Å². The van der Waals surface area contributed by atoms with Gasteiger partial charge in [0.1, 0.15) is 12.2 Å².